The monoisotopic (exact) mass is 405 g/mol. The SMILES string of the molecule is OC(COc1ccc(Br)cc1)CN(Cc1ccco1)Cc1ccco1. The molecule has 132 valence electrons. The molecular formula is C19H20BrNO4. The van der Waals surface area contributed by atoms with Gasteiger partial charge >= 0.3 is 0 Å². The van der Waals surface area contributed by atoms with Gasteiger partial charge in [0, 0.05) is 11.0 Å². The van der Waals surface area contributed by atoms with Crippen LogP contribution >= 0.6 is 15.9 Å². The molecule has 0 aliphatic carbocycles. The number of ether oxygens (including phenoxy) is 1. The molecule has 3 aromatic rings. The highest BCUT2D eigenvalue weighted by Crippen LogP contribution is 2.17. The van der Waals surface area contributed by atoms with E-state index in [0.717, 1.165) is 21.7 Å². The third-order valence-corrected chi connectivity index (χ3v) is 4.17. The molecule has 0 radical (unpaired) electrons. The molecule has 0 aliphatic rings. The maximum absolute atomic E-state index is 10.4. The minimum atomic E-state index is -0.631. The fourth-order valence-electron chi connectivity index (χ4n) is 2.50. The molecule has 0 saturated carbocycles. The zero-order valence-corrected chi connectivity index (χ0v) is 15.3. The van der Waals surface area contributed by atoms with Crippen LogP contribution in [0, 0.1) is 0 Å². The summed E-state index contributed by atoms with van der Waals surface area (Å²) in [5.41, 5.74) is 0. The maximum atomic E-state index is 10.4. The summed E-state index contributed by atoms with van der Waals surface area (Å²) >= 11 is 3.39. The Bertz CT molecular complexity index is 689. The van der Waals surface area contributed by atoms with E-state index in [1.54, 1.807) is 12.5 Å². The van der Waals surface area contributed by atoms with Gasteiger partial charge < -0.3 is 18.7 Å². The van der Waals surface area contributed by atoms with Gasteiger partial charge in [-0.2, -0.15) is 0 Å². The summed E-state index contributed by atoms with van der Waals surface area (Å²) < 4.78 is 17.5. The molecule has 2 heterocycles. The molecule has 1 N–H and O–H groups in total. The van der Waals surface area contributed by atoms with Crippen molar-refractivity contribution in [1.29, 1.82) is 0 Å². The van der Waals surface area contributed by atoms with Crippen LogP contribution in [-0.2, 0) is 13.1 Å². The van der Waals surface area contributed by atoms with Gasteiger partial charge in [0.1, 0.15) is 30.0 Å². The fraction of sp³-hybridized carbons (Fsp3) is 0.263. The summed E-state index contributed by atoms with van der Waals surface area (Å²) in [4.78, 5) is 2.06. The molecule has 2 aromatic heterocycles. The molecule has 1 aromatic carbocycles. The zero-order valence-electron chi connectivity index (χ0n) is 13.7. The molecule has 5 nitrogen and oxygen atoms in total. The predicted molar refractivity (Wildman–Crippen MR) is 97.2 cm³/mol. The quantitative estimate of drug-likeness (QED) is 0.581. The second-order valence-corrected chi connectivity index (χ2v) is 6.66. The van der Waals surface area contributed by atoms with Gasteiger partial charge in [-0.05, 0) is 48.5 Å². The van der Waals surface area contributed by atoms with E-state index in [0.29, 0.717) is 19.6 Å². The zero-order chi connectivity index (χ0) is 17.5. The number of aliphatic hydroxyl groups is 1. The highest BCUT2D eigenvalue weighted by Gasteiger charge is 2.16. The Kier molecular flexibility index (Phi) is 6.33. The van der Waals surface area contributed by atoms with Gasteiger partial charge in [0.15, 0.2) is 0 Å². The number of furan rings is 2. The first-order valence-electron chi connectivity index (χ1n) is 8.02. The van der Waals surface area contributed by atoms with Crippen molar-refractivity contribution >= 4 is 15.9 Å². The topological polar surface area (TPSA) is 59.0 Å². The van der Waals surface area contributed by atoms with Gasteiger partial charge in [0.05, 0.1) is 25.6 Å². The largest absolute Gasteiger partial charge is 0.491 e. The van der Waals surface area contributed by atoms with Crippen LogP contribution < -0.4 is 4.74 Å². The van der Waals surface area contributed by atoms with E-state index >= 15 is 0 Å². The van der Waals surface area contributed by atoms with E-state index in [4.69, 9.17) is 13.6 Å². The first kappa shape index (κ1) is 17.8. The first-order chi connectivity index (χ1) is 12.2. The minimum absolute atomic E-state index is 0.217. The van der Waals surface area contributed by atoms with E-state index in [1.807, 2.05) is 48.5 Å². The number of hydrogen-bond donors (Lipinski definition) is 1. The second kappa shape index (κ2) is 8.89. The van der Waals surface area contributed by atoms with Crippen molar-refractivity contribution in [2.75, 3.05) is 13.2 Å². The van der Waals surface area contributed by atoms with Gasteiger partial charge in [-0.3, -0.25) is 4.90 Å². The molecule has 0 bridgehead atoms. The molecule has 25 heavy (non-hydrogen) atoms. The lowest BCUT2D eigenvalue weighted by atomic mass is 10.3. The Morgan fingerprint density at radius 3 is 2.08 bits per heavy atom. The predicted octanol–water partition coefficient (Wildman–Crippen LogP) is 4.08. The Hall–Kier alpha value is -2.02. The summed E-state index contributed by atoms with van der Waals surface area (Å²) in [5, 5.41) is 10.4. The molecule has 0 spiro atoms. The molecule has 0 amide bonds. The van der Waals surface area contributed by atoms with Crippen LogP contribution in [0.2, 0.25) is 0 Å². The fourth-order valence-corrected chi connectivity index (χ4v) is 2.77. The molecule has 1 unspecified atom stereocenters. The third-order valence-electron chi connectivity index (χ3n) is 3.64. The maximum Gasteiger partial charge on any atom is 0.119 e. The molecule has 0 aliphatic heterocycles. The highest BCUT2D eigenvalue weighted by molar-refractivity contribution is 9.10. The average Bonchev–Trinajstić information content (AvgIpc) is 3.28. The molecule has 6 heteroatoms. The Balaban J connectivity index is 1.55. The standard InChI is InChI=1S/C19H20BrNO4/c20-15-5-7-17(8-6-15)25-14-16(22)11-21(12-18-3-1-9-23-18)13-19-4-2-10-24-19/h1-10,16,22H,11-14H2. The van der Waals surface area contributed by atoms with Gasteiger partial charge in [0.2, 0.25) is 0 Å². The van der Waals surface area contributed by atoms with Crippen LogP contribution in [0.25, 0.3) is 0 Å². The van der Waals surface area contributed by atoms with Crippen molar-refractivity contribution in [3.63, 3.8) is 0 Å². The van der Waals surface area contributed by atoms with E-state index < -0.39 is 6.10 Å². The van der Waals surface area contributed by atoms with Crippen LogP contribution in [0.1, 0.15) is 11.5 Å². The Labute approximate surface area is 154 Å². The molecule has 0 saturated heterocycles. The number of hydrogen-bond acceptors (Lipinski definition) is 5. The lowest BCUT2D eigenvalue weighted by Crippen LogP contribution is -2.34. The van der Waals surface area contributed by atoms with Crippen LogP contribution in [-0.4, -0.2) is 29.3 Å². The number of nitrogens with zero attached hydrogens (tertiary/aromatic N) is 1. The van der Waals surface area contributed by atoms with E-state index in [2.05, 4.69) is 20.8 Å². The van der Waals surface area contributed by atoms with Crippen molar-refractivity contribution < 1.29 is 18.7 Å². The summed E-state index contributed by atoms with van der Waals surface area (Å²) in [6, 6.07) is 15.1. The summed E-state index contributed by atoms with van der Waals surface area (Å²) in [6.07, 6.45) is 2.66. The summed E-state index contributed by atoms with van der Waals surface area (Å²) in [5.74, 6) is 2.41. The smallest absolute Gasteiger partial charge is 0.119 e. The van der Waals surface area contributed by atoms with E-state index in [1.165, 1.54) is 0 Å². The van der Waals surface area contributed by atoms with Crippen LogP contribution in [0.3, 0.4) is 0 Å². The van der Waals surface area contributed by atoms with E-state index in [-0.39, 0.29) is 6.61 Å². The van der Waals surface area contributed by atoms with Crippen LogP contribution in [0.4, 0.5) is 0 Å². The van der Waals surface area contributed by atoms with Gasteiger partial charge in [-0.25, -0.2) is 0 Å². The lowest BCUT2D eigenvalue weighted by molar-refractivity contribution is 0.0580. The van der Waals surface area contributed by atoms with Crippen molar-refractivity contribution in [2.45, 2.75) is 19.2 Å². The van der Waals surface area contributed by atoms with Gasteiger partial charge in [-0.1, -0.05) is 15.9 Å². The van der Waals surface area contributed by atoms with Crippen molar-refractivity contribution in [3.8, 4) is 5.75 Å². The molecule has 1 atom stereocenters. The Morgan fingerprint density at radius 2 is 1.56 bits per heavy atom. The minimum Gasteiger partial charge on any atom is -0.491 e. The molecule has 0 fully saturated rings. The number of aliphatic hydroxyl groups excluding tert-OH is 1. The summed E-state index contributed by atoms with van der Waals surface area (Å²) in [6.45, 7) is 1.83. The normalized spacial score (nSPS) is 12.4. The summed E-state index contributed by atoms with van der Waals surface area (Å²) in [7, 11) is 0. The second-order valence-electron chi connectivity index (χ2n) is 5.75. The van der Waals surface area contributed by atoms with Crippen molar-refractivity contribution in [2.24, 2.45) is 0 Å². The molecular weight excluding hydrogens is 386 g/mol. The highest BCUT2D eigenvalue weighted by atomic mass is 79.9. The van der Waals surface area contributed by atoms with Crippen LogP contribution in [0.15, 0.2) is 74.4 Å². The number of halogens is 1. The average molecular weight is 406 g/mol. The number of benzene rings is 1. The molecule has 3 rings (SSSR count). The van der Waals surface area contributed by atoms with E-state index in [9.17, 15) is 5.11 Å². The first-order valence-corrected chi connectivity index (χ1v) is 8.82. The number of rotatable bonds is 9. The Morgan fingerprint density at radius 1 is 0.960 bits per heavy atom. The van der Waals surface area contributed by atoms with Crippen LogP contribution in [0.5, 0.6) is 5.75 Å². The lowest BCUT2D eigenvalue weighted by Gasteiger charge is -2.23. The third kappa shape index (κ3) is 5.77. The van der Waals surface area contributed by atoms with Crippen molar-refractivity contribution in [3.05, 3.63) is 77.1 Å². The van der Waals surface area contributed by atoms with Crippen molar-refractivity contribution in [1.82, 2.24) is 4.90 Å². The van der Waals surface area contributed by atoms with Gasteiger partial charge in [0.25, 0.3) is 0 Å². The van der Waals surface area contributed by atoms with Gasteiger partial charge in [-0.15, -0.1) is 0 Å².